The van der Waals surface area contributed by atoms with Crippen molar-refractivity contribution in [3.05, 3.63) is 47.7 Å². The van der Waals surface area contributed by atoms with Crippen molar-refractivity contribution in [3.8, 4) is 5.69 Å². The molecule has 0 bridgehead atoms. The third-order valence-electron chi connectivity index (χ3n) is 4.44. The van der Waals surface area contributed by atoms with Crippen molar-refractivity contribution in [2.45, 2.75) is 13.8 Å². The molecule has 1 saturated heterocycles. The van der Waals surface area contributed by atoms with Crippen LogP contribution < -0.4 is 10.2 Å². The van der Waals surface area contributed by atoms with Gasteiger partial charge in [0.25, 0.3) is 0 Å². The lowest BCUT2D eigenvalue weighted by atomic mass is 10.1. The van der Waals surface area contributed by atoms with Crippen LogP contribution in [0.5, 0.6) is 0 Å². The fraction of sp³-hybridized carbons (Fsp3) is 0.333. The zero-order valence-electron chi connectivity index (χ0n) is 13.6. The second kappa shape index (κ2) is 5.66. The smallest absolute Gasteiger partial charge is 0.165 e. The molecule has 1 aliphatic heterocycles. The van der Waals surface area contributed by atoms with E-state index < -0.39 is 0 Å². The van der Waals surface area contributed by atoms with Gasteiger partial charge in [-0.25, -0.2) is 9.67 Å². The van der Waals surface area contributed by atoms with Crippen molar-refractivity contribution in [3.63, 3.8) is 0 Å². The molecule has 1 N–H and O–H groups in total. The number of para-hydroxylation sites is 1. The summed E-state index contributed by atoms with van der Waals surface area (Å²) in [6, 6.07) is 12.4. The monoisotopic (exact) mass is 307 g/mol. The molecule has 5 heteroatoms. The average Bonchev–Trinajstić information content (AvgIpc) is 2.94. The van der Waals surface area contributed by atoms with Crippen LogP contribution in [-0.4, -0.2) is 40.9 Å². The molecule has 0 aliphatic carbocycles. The van der Waals surface area contributed by atoms with Gasteiger partial charge in [-0.15, -0.1) is 0 Å². The molecular formula is C18H21N5. The molecule has 1 aliphatic rings. The third-order valence-corrected chi connectivity index (χ3v) is 4.44. The van der Waals surface area contributed by atoms with E-state index in [1.165, 1.54) is 5.56 Å². The molecule has 0 atom stereocenters. The number of pyridine rings is 1. The Hall–Kier alpha value is -2.40. The minimum absolute atomic E-state index is 0.947. The number of anilines is 1. The first-order valence-corrected chi connectivity index (χ1v) is 8.12. The van der Waals surface area contributed by atoms with E-state index in [4.69, 9.17) is 10.1 Å². The Bertz CT molecular complexity index is 831. The summed E-state index contributed by atoms with van der Waals surface area (Å²) in [7, 11) is 0. The predicted molar refractivity (Wildman–Crippen MR) is 93.4 cm³/mol. The number of nitrogens with one attached hydrogen (secondary N) is 1. The van der Waals surface area contributed by atoms with Crippen LogP contribution in [0.1, 0.15) is 11.3 Å². The minimum Gasteiger partial charge on any atom is -0.354 e. The average molecular weight is 307 g/mol. The Morgan fingerprint density at radius 2 is 1.78 bits per heavy atom. The maximum atomic E-state index is 4.96. The van der Waals surface area contributed by atoms with Gasteiger partial charge in [0, 0.05) is 31.6 Å². The van der Waals surface area contributed by atoms with E-state index in [0.29, 0.717) is 0 Å². The van der Waals surface area contributed by atoms with Crippen LogP contribution in [0.15, 0.2) is 36.4 Å². The van der Waals surface area contributed by atoms with Crippen LogP contribution in [0, 0.1) is 13.8 Å². The largest absolute Gasteiger partial charge is 0.354 e. The molecule has 1 fully saturated rings. The molecule has 0 radical (unpaired) electrons. The van der Waals surface area contributed by atoms with E-state index in [0.717, 1.165) is 54.4 Å². The number of piperazine rings is 1. The van der Waals surface area contributed by atoms with Gasteiger partial charge in [0.1, 0.15) is 5.82 Å². The topological polar surface area (TPSA) is 46.0 Å². The highest BCUT2D eigenvalue weighted by molar-refractivity contribution is 5.85. The first kappa shape index (κ1) is 14.2. The summed E-state index contributed by atoms with van der Waals surface area (Å²) in [6.07, 6.45) is 0. The first-order valence-electron chi connectivity index (χ1n) is 8.12. The van der Waals surface area contributed by atoms with Gasteiger partial charge in [-0.1, -0.05) is 18.2 Å². The van der Waals surface area contributed by atoms with Crippen molar-refractivity contribution in [1.82, 2.24) is 20.1 Å². The standard InChI is InChI=1S/C18H21N5/c1-13-12-16(22-10-8-19-9-11-22)20-18-17(13)14(2)21-23(18)15-6-4-3-5-7-15/h3-7,12,19H,8-11H2,1-2H3. The van der Waals surface area contributed by atoms with Gasteiger partial charge in [0.05, 0.1) is 11.4 Å². The maximum absolute atomic E-state index is 4.96. The van der Waals surface area contributed by atoms with Gasteiger partial charge in [0.2, 0.25) is 0 Å². The SMILES string of the molecule is Cc1cc(N2CCNCC2)nc2c1c(C)nn2-c1ccccc1. The van der Waals surface area contributed by atoms with E-state index in [1.807, 2.05) is 22.9 Å². The predicted octanol–water partition coefficient (Wildman–Crippen LogP) is 2.45. The summed E-state index contributed by atoms with van der Waals surface area (Å²) < 4.78 is 1.96. The van der Waals surface area contributed by atoms with Crippen molar-refractivity contribution in [2.75, 3.05) is 31.1 Å². The molecule has 0 saturated carbocycles. The number of hydrogen-bond acceptors (Lipinski definition) is 4. The number of aromatic nitrogens is 3. The summed E-state index contributed by atoms with van der Waals surface area (Å²) in [5, 5.41) is 9.28. The van der Waals surface area contributed by atoms with E-state index in [-0.39, 0.29) is 0 Å². The van der Waals surface area contributed by atoms with Crippen LogP contribution in [0.25, 0.3) is 16.7 Å². The molecule has 3 heterocycles. The van der Waals surface area contributed by atoms with E-state index >= 15 is 0 Å². The molecule has 0 amide bonds. The Kier molecular flexibility index (Phi) is 3.50. The van der Waals surface area contributed by atoms with Gasteiger partial charge in [-0.05, 0) is 37.6 Å². The Morgan fingerprint density at radius 1 is 1.04 bits per heavy atom. The van der Waals surface area contributed by atoms with E-state index in [2.05, 4.69) is 42.3 Å². The van der Waals surface area contributed by atoms with Crippen LogP contribution in [0.2, 0.25) is 0 Å². The van der Waals surface area contributed by atoms with Gasteiger partial charge in [-0.3, -0.25) is 0 Å². The highest BCUT2D eigenvalue weighted by atomic mass is 15.3. The normalized spacial score (nSPS) is 15.3. The molecule has 5 nitrogen and oxygen atoms in total. The lowest BCUT2D eigenvalue weighted by Gasteiger charge is -2.28. The fourth-order valence-corrected chi connectivity index (χ4v) is 3.29. The van der Waals surface area contributed by atoms with E-state index in [1.54, 1.807) is 0 Å². The number of benzene rings is 1. The molecule has 0 spiro atoms. The summed E-state index contributed by atoms with van der Waals surface area (Å²) in [5.74, 6) is 1.05. The highest BCUT2D eigenvalue weighted by Crippen LogP contribution is 2.27. The van der Waals surface area contributed by atoms with Crippen molar-refractivity contribution < 1.29 is 0 Å². The summed E-state index contributed by atoms with van der Waals surface area (Å²) in [5.41, 5.74) is 4.26. The molecule has 3 aromatic rings. The first-order chi connectivity index (χ1) is 11.2. The molecule has 4 rings (SSSR count). The van der Waals surface area contributed by atoms with Gasteiger partial charge in [-0.2, -0.15) is 5.10 Å². The summed E-state index contributed by atoms with van der Waals surface area (Å²) in [4.78, 5) is 7.30. The Balaban J connectivity index is 1.89. The maximum Gasteiger partial charge on any atom is 0.165 e. The number of aryl methyl sites for hydroxylation is 2. The second-order valence-corrected chi connectivity index (χ2v) is 6.07. The summed E-state index contributed by atoms with van der Waals surface area (Å²) >= 11 is 0. The Labute approximate surface area is 135 Å². The zero-order chi connectivity index (χ0) is 15.8. The second-order valence-electron chi connectivity index (χ2n) is 6.07. The van der Waals surface area contributed by atoms with Crippen LogP contribution >= 0.6 is 0 Å². The highest BCUT2D eigenvalue weighted by Gasteiger charge is 2.18. The number of rotatable bonds is 2. The van der Waals surface area contributed by atoms with Gasteiger partial charge >= 0.3 is 0 Å². The van der Waals surface area contributed by atoms with Gasteiger partial charge in [0.15, 0.2) is 5.65 Å². The van der Waals surface area contributed by atoms with Crippen LogP contribution in [0.3, 0.4) is 0 Å². The number of fused-ring (bicyclic) bond motifs is 1. The minimum atomic E-state index is 0.947. The molecular weight excluding hydrogens is 286 g/mol. The number of nitrogens with zero attached hydrogens (tertiary/aromatic N) is 4. The van der Waals surface area contributed by atoms with Crippen molar-refractivity contribution in [1.29, 1.82) is 0 Å². The quantitative estimate of drug-likeness (QED) is 0.790. The molecule has 2 aromatic heterocycles. The molecule has 23 heavy (non-hydrogen) atoms. The molecule has 0 unspecified atom stereocenters. The van der Waals surface area contributed by atoms with E-state index in [9.17, 15) is 0 Å². The number of hydrogen-bond donors (Lipinski definition) is 1. The van der Waals surface area contributed by atoms with Crippen molar-refractivity contribution in [2.24, 2.45) is 0 Å². The van der Waals surface area contributed by atoms with Gasteiger partial charge < -0.3 is 10.2 Å². The fourth-order valence-electron chi connectivity index (χ4n) is 3.29. The summed E-state index contributed by atoms with van der Waals surface area (Å²) in [6.45, 7) is 8.22. The van der Waals surface area contributed by atoms with Crippen molar-refractivity contribution >= 4 is 16.9 Å². The lowest BCUT2D eigenvalue weighted by Crippen LogP contribution is -2.43. The van der Waals surface area contributed by atoms with Crippen LogP contribution in [0.4, 0.5) is 5.82 Å². The zero-order valence-corrected chi connectivity index (χ0v) is 13.6. The lowest BCUT2D eigenvalue weighted by molar-refractivity contribution is 0.585. The molecule has 118 valence electrons. The molecule has 1 aromatic carbocycles. The van der Waals surface area contributed by atoms with Crippen LogP contribution in [-0.2, 0) is 0 Å². The Morgan fingerprint density at radius 3 is 2.52 bits per heavy atom. The third kappa shape index (κ3) is 2.47.